The van der Waals surface area contributed by atoms with Gasteiger partial charge < -0.3 is 10.2 Å². The van der Waals surface area contributed by atoms with Crippen LogP contribution in [0.4, 0.5) is 0 Å². The first-order valence-electron chi connectivity index (χ1n) is 5.08. The monoisotopic (exact) mass is 392 g/mol. The largest absolute Gasteiger partial charge is 0.479 e. The molecule has 16 heavy (non-hydrogen) atoms. The molecule has 1 aromatic rings. The minimum Gasteiger partial charge on any atom is -0.479 e. The number of carboxylic acids is 1. The van der Waals surface area contributed by atoms with E-state index in [0.717, 1.165) is 5.56 Å². The predicted molar refractivity (Wildman–Crippen MR) is 57.6 cm³/mol. The van der Waals surface area contributed by atoms with Gasteiger partial charge in [0.15, 0.2) is 5.60 Å². The van der Waals surface area contributed by atoms with E-state index in [1.54, 1.807) is 6.92 Å². The number of hydrogen-bond acceptors (Lipinski definition) is 2. The molecule has 0 aliphatic heterocycles. The van der Waals surface area contributed by atoms with Crippen molar-refractivity contribution in [2.45, 2.75) is 31.8 Å². The Hall–Kier alpha value is -0.662. The number of benzene rings is 1. The molecule has 1 unspecified atom stereocenters. The summed E-state index contributed by atoms with van der Waals surface area (Å²) in [6, 6.07) is 9.57. The molecule has 1 aromatic carbocycles. The van der Waals surface area contributed by atoms with Crippen molar-refractivity contribution in [1.29, 1.82) is 0 Å². The number of aryl methyl sites for hydroxylation is 1. The molecule has 0 bridgehead atoms. The summed E-state index contributed by atoms with van der Waals surface area (Å²) in [5, 5.41) is 18.6. The van der Waals surface area contributed by atoms with Crippen LogP contribution in [0, 0.1) is 0 Å². The first-order chi connectivity index (χ1) is 7.08. The number of carboxylic acid groups (broad SMARTS) is 1. The molecule has 0 aliphatic rings. The van der Waals surface area contributed by atoms with E-state index in [2.05, 4.69) is 0 Å². The molecule has 3 nitrogen and oxygen atoms in total. The van der Waals surface area contributed by atoms with Crippen molar-refractivity contribution in [2.24, 2.45) is 0 Å². The van der Waals surface area contributed by atoms with E-state index in [-0.39, 0.29) is 33.9 Å². The zero-order chi connectivity index (χ0) is 11.3. The Balaban J connectivity index is 0.00000225. The van der Waals surface area contributed by atoms with Gasteiger partial charge in [0, 0.05) is 21.1 Å². The Kier molecular flexibility index (Phi) is 6.54. The molecule has 88 valence electrons. The van der Waals surface area contributed by atoms with Crippen molar-refractivity contribution < 1.29 is 36.1 Å². The van der Waals surface area contributed by atoms with Crippen LogP contribution in [0.5, 0.6) is 0 Å². The molecular formula is C12H16O3W. The van der Waals surface area contributed by atoms with Gasteiger partial charge in [0.2, 0.25) is 0 Å². The number of carbonyl (C=O) groups is 1. The standard InChI is InChI=1S/C12H16O3.W/c1-2-12(15,11(13)14)9-8-10-6-4-3-5-7-10;/h3-7,15H,2,8-9H2,1H3,(H,13,14);. The molecule has 0 saturated carbocycles. The smallest absolute Gasteiger partial charge is 0.335 e. The van der Waals surface area contributed by atoms with Gasteiger partial charge in [-0.15, -0.1) is 0 Å². The van der Waals surface area contributed by atoms with Crippen molar-refractivity contribution in [3.63, 3.8) is 0 Å². The summed E-state index contributed by atoms with van der Waals surface area (Å²) in [5.41, 5.74) is -0.541. The Morgan fingerprint density at radius 2 is 1.88 bits per heavy atom. The van der Waals surface area contributed by atoms with Gasteiger partial charge in [-0.25, -0.2) is 4.79 Å². The van der Waals surface area contributed by atoms with Crippen LogP contribution in [0.1, 0.15) is 25.3 Å². The zero-order valence-electron chi connectivity index (χ0n) is 9.22. The molecule has 0 saturated heterocycles. The van der Waals surface area contributed by atoms with Crippen LogP contribution in [0.2, 0.25) is 0 Å². The third-order valence-corrected chi connectivity index (χ3v) is 2.65. The second-order valence-corrected chi connectivity index (χ2v) is 3.68. The van der Waals surface area contributed by atoms with Crippen LogP contribution in [0.25, 0.3) is 0 Å². The van der Waals surface area contributed by atoms with Gasteiger partial charge in [-0.3, -0.25) is 0 Å². The Labute approximate surface area is 110 Å². The Bertz CT molecular complexity index is 326. The van der Waals surface area contributed by atoms with Gasteiger partial charge in [0.05, 0.1) is 0 Å². The maximum atomic E-state index is 10.8. The summed E-state index contributed by atoms with van der Waals surface area (Å²) < 4.78 is 0. The van der Waals surface area contributed by atoms with Crippen LogP contribution in [-0.2, 0) is 32.3 Å². The first kappa shape index (κ1) is 15.3. The molecule has 0 spiro atoms. The minimum absolute atomic E-state index is 0. The van der Waals surface area contributed by atoms with Crippen LogP contribution >= 0.6 is 0 Å². The maximum Gasteiger partial charge on any atom is 0.335 e. The summed E-state index contributed by atoms with van der Waals surface area (Å²) in [7, 11) is 0. The van der Waals surface area contributed by atoms with Crippen molar-refractivity contribution in [3.8, 4) is 0 Å². The average molecular weight is 392 g/mol. The minimum atomic E-state index is -1.59. The Morgan fingerprint density at radius 3 is 2.31 bits per heavy atom. The van der Waals surface area contributed by atoms with Gasteiger partial charge >= 0.3 is 5.97 Å². The molecule has 2 N–H and O–H groups in total. The summed E-state index contributed by atoms with van der Waals surface area (Å²) in [5.74, 6) is -1.14. The SMILES string of the molecule is CCC(O)(CCc1ccccc1)C(=O)O.[W]. The van der Waals surface area contributed by atoms with E-state index in [1.807, 2.05) is 30.3 Å². The van der Waals surface area contributed by atoms with E-state index < -0.39 is 11.6 Å². The van der Waals surface area contributed by atoms with Crippen LogP contribution in [-0.4, -0.2) is 21.8 Å². The number of aliphatic hydroxyl groups is 1. The van der Waals surface area contributed by atoms with E-state index in [0.29, 0.717) is 6.42 Å². The van der Waals surface area contributed by atoms with Crippen molar-refractivity contribution in [2.75, 3.05) is 0 Å². The van der Waals surface area contributed by atoms with Gasteiger partial charge in [-0.05, 0) is 24.8 Å². The first-order valence-corrected chi connectivity index (χ1v) is 5.08. The average Bonchev–Trinajstić information content (AvgIpc) is 2.27. The van der Waals surface area contributed by atoms with E-state index in [9.17, 15) is 9.90 Å². The van der Waals surface area contributed by atoms with Crippen molar-refractivity contribution >= 4 is 5.97 Å². The van der Waals surface area contributed by atoms with E-state index in [1.165, 1.54) is 0 Å². The summed E-state index contributed by atoms with van der Waals surface area (Å²) in [6.07, 6.45) is 1.06. The van der Waals surface area contributed by atoms with Gasteiger partial charge in [0.25, 0.3) is 0 Å². The molecule has 0 fully saturated rings. The number of hydrogen-bond donors (Lipinski definition) is 2. The molecule has 0 heterocycles. The predicted octanol–water partition coefficient (Wildman–Crippen LogP) is 1.84. The molecule has 1 rings (SSSR count). The van der Waals surface area contributed by atoms with Crippen molar-refractivity contribution in [3.05, 3.63) is 35.9 Å². The van der Waals surface area contributed by atoms with E-state index >= 15 is 0 Å². The van der Waals surface area contributed by atoms with Crippen molar-refractivity contribution in [1.82, 2.24) is 0 Å². The quantitative estimate of drug-likeness (QED) is 0.805. The van der Waals surface area contributed by atoms with Crippen LogP contribution < -0.4 is 0 Å². The maximum absolute atomic E-state index is 10.8. The fraction of sp³-hybridized carbons (Fsp3) is 0.417. The molecule has 4 heteroatoms. The fourth-order valence-electron chi connectivity index (χ4n) is 1.43. The van der Waals surface area contributed by atoms with Gasteiger partial charge in [-0.1, -0.05) is 37.3 Å². The summed E-state index contributed by atoms with van der Waals surface area (Å²) in [4.78, 5) is 10.8. The zero-order valence-corrected chi connectivity index (χ0v) is 12.2. The van der Waals surface area contributed by atoms with Crippen LogP contribution in [0.3, 0.4) is 0 Å². The molecule has 0 radical (unpaired) electrons. The fourth-order valence-corrected chi connectivity index (χ4v) is 1.43. The molecule has 0 aromatic heterocycles. The summed E-state index contributed by atoms with van der Waals surface area (Å²) >= 11 is 0. The second kappa shape index (κ2) is 6.82. The molecule has 1 atom stereocenters. The second-order valence-electron chi connectivity index (χ2n) is 3.68. The molecule has 0 amide bonds. The number of aliphatic carboxylic acids is 1. The normalized spacial score (nSPS) is 13.6. The van der Waals surface area contributed by atoms with Gasteiger partial charge in [0.1, 0.15) is 0 Å². The van der Waals surface area contributed by atoms with E-state index in [4.69, 9.17) is 5.11 Å². The Morgan fingerprint density at radius 1 is 1.31 bits per heavy atom. The number of rotatable bonds is 5. The van der Waals surface area contributed by atoms with Gasteiger partial charge in [-0.2, -0.15) is 0 Å². The third kappa shape index (κ3) is 4.07. The topological polar surface area (TPSA) is 57.5 Å². The summed E-state index contributed by atoms with van der Waals surface area (Å²) in [6.45, 7) is 1.68. The van der Waals surface area contributed by atoms with Crippen LogP contribution in [0.15, 0.2) is 30.3 Å². The molecule has 0 aliphatic carbocycles. The molecular weight excluding hydrogens is 376 g/mol. The third-order valence-electron chi connectivity index (χ3n) is 2.65.